The average molecular weight is 422 g/mol. The number of para-hydroxylation sites is 1. The minimum atomic E-state index is -4.05. The van der Waals surface area contributed by atoms with Crippen LogP contribution in [0, 0.1) is 5.82 Å². The molecule has 1 unspecified atom stereocenters. The van der Waals surface area contributed by atoms with Gasteiger partial charge in [-0.2, -0.15) is 0 Å². The van der Waals surface area contributed by atoms with Gasteiger partial charge >= 0.3 is 0 Å². The SMILES string of the molecule is CC(NC(=O)c1cc(S(=O)(=O)Nc2ccccc2F)c[nH]1)c1cccc(Cl)c1. The molecule has 0 bridgehead atoms. The first-order valence-electron chi connectivity index (χ1n) is 8.28. The predicted molar refractivity (Wildman–Crippen MR) is 105 cm³/mol. The first kappa shape index (κ1) is 19.9. The third kappa shape index (κ3) is 4.52. The van der Waals surface area contributed by atoms with Crippen molar-refractivity contribution in [1.29, 1.82) is 0 Å². The Morgan fingerprint density at radius 1 is 1.14 bits per heavy atom. The molecule has 3 rings (SSSR count). The Bertz CT molecular complexity index is 1110. The molecule has 28 heavy (non-hydrogen) atoms. The van der Waals surface area contributed by atoms with E-state index in [4.69, 9.17) is 11.6 Å². The van der Waals surface area contributed by atoms with Gasteiger partial charge in [0.15, 0.2) is 0 Å². The molecule has 1 amide bonds. The molecule has 0 aliphatic rings. The van der Waals surface area contributed by atoms with E-state index < -0.39 is 21.7 Å². The van der Waals surface area contributed by atoms with Gasteiger partial charge in [0.05, 0.1) is 11.7 Å². The van der Waals surface area contributed by atoms with Gasteiger partial charge in [-0.25, -0.2) is 12.8 Å². The summed E-state index contributed by atoms with van der Waals surface area (Å²) in [5, 5.41) is 3.31. The molecule has 1 aromatic heterocycles. The van der Waals surface area contributed by atoms with Crippen LogP contribution in [0.15, 0.2) is 65.7 Å². The lowest BCUT2D eigenvalue weighted by atomic mass is 10.1. The normalized spacial score (nSPS) is 12.4. The minimum absolute atomic E-state index is 0.0581. The monoisotopic (exact) mass is 421 g/mol. The lowest BCUT2D eigenvalue weighted by molar-refractivity contribution is 0.0935. The zero-order valence-electron chi connectivity index (χ0n) is 14.7. The van der Waals surface area contributed by atoms with Gasteiger partial charge in [-0.3, -0.25) is 9.52 Å². The number of hydrogen-bond acceptors (Lipinski definition) is 3. The van der Waals surface area contributed by atoms with Crippen LogP contribution in [-0.2, 0) is 10.0 Å². The summed E-state index contributed by atoms with van der Waals surface area (Å²) < 4.78 is 40.7. The van der Waals surface area contributed by atoms with Gasteiger partial charge in [0, 0.05) is 11.2 Å². The number of aromatic amines is 1. The van der Waals surface area contributed by atoms with Crippen LogP contribution in [0.4, 0.5) is 10.1 Å². The Morgan fingerprint density at radius 3 is 2.61 bits per heavy atom. The first-order valence-corrected chi connectivity index (χ1v) is 10.1. The topological polar surface area (TPSA) is 91.1 Å². The number of H-pyrrole nitrogens is 1. The van der Waals surface area contributed by atoms with E-state index in [-0.39, 0.29) is 22.3 Å². The van der Waals surface area contributed by atoms with Crippen molar-refractivity contribution in [2.24, 2.45) is 0 Å². The lowest BCUT2D eigenvalue weighted by Gasteiger charge is -2.14. The second kappa shape index (κ2) is 8.04. The van der Waals surface area contributed by atoms with Gasteiger partial charge < -0.3 is 10.3 Å². The molecule has 1 atom stereocenters. The van der Waals surface area contributed by atoms with Crippen molar-refractivity contribution in [1.82, 2.24) is 10.3 Å². The van der Waals surface area contributed by atoms with Crippen LogP contribution < -0.4 is 10.0 Å². The van der Waals surface area contributed by atoms with Crippen molar-refractivity contribution in [3.05, 3.63) is 82.9 Å². The number of aromatic nitrogens is 1. The molecule has 0 aliphatic heterocycles. The molecule has 6 nitrogen and oxygen atoms in total. The number of amides is 1. The predicted octanol–water partition coefficient (Wildman–Crippen LogP) is 4.10. The van der Waals surface area contributed by atoms with Crippen LogP contribution in [-0.4, -0.2) is 19.3 Å². The van der Waals surface area contributed by atoms with E-state index in [1.54, 1.807) is 25.1 Å². The highest BCUT2D eigenvalue weighted by Gasteiger charge is 2.21. The summed E-state index contributed by atoms with van der Waals surface area (Å²) in [6.07, 6.45) is 1.17. The quantitative estimate of drug-likeness (QED) is 0.559. The van der Waals surface area contributed by atoms with E-state index in [1.807, 2.05) is 6.07 Å². The maximum absolute atomic E-state index is 13.7. The molecular weight excluding hydrogens is 405 g/mol. The van der Waals surface area contributed by atoms with E-state index in [9.17, 15) is 17.6 Å². The van der Waals surface area contributed by atoms with Crippen LogP contribution in [0.5, 0.6) is 0 Å². The van der Waals surface area contributed by atoms with Gasteiger partial charge in [-0.1, -0.05) is 35.9 Å². The van der Waals surface area contributed by atoms with Crippen molar-refractivity contribution < 1.29 is 17.6 Å². The Morgan fingerprint density at radius 2 is 1.89 bits per heavy atom. The largest absolute Gasteiger partial charge is 0.356 e. The van der Waals surface area contributed by atoms with Crippen LogP contribution in [0.25, 0.3) is 0 Å². The molecule has 146 valence electrons. The molecule has 0 spiro atoms. The average Bonchev–Trinajstić information content (AvgIpc) is 3.15. The second-order valence-corrected chi connectivity index (χ2v) is 8.20. The summed E-state index contributed by atoms with van der Waals surface area (Å²) >= 11 is 5.95. The Balaban J connectivity index is 1.74. The zero-order valence-corrected chi connectivity index (χ0v) is 16.3. The Labute approximate surface area is 166 Å². The fraction of sp³-hybridized carbons (Fsp3) is 0.105. The van der Waals surface area contributed by atoms with Crippen LogP contribution in [0.2, 0.25) is 5.02 Å². The highest BCUT2D eigenvalue weighted by molar-refractivity contribution is 7.92. The lowest BCUT2D eigenvalue weighted by Crippen LogP contribution is -2.26. The summed E-state index contributed by atoms with van der Waals surface area (Å²) in [6, 6.07) is 13.3. The van der Waals surface area contributed by atoms with E-state index in [1.165, 1.54) is 30.5 Å². The number of anilines is 1. The molecule has 0 saturated carbocycles. The van der Waals surface area contributed by atoms with Gasteiger partial charge in [0.1, 0.15) is 16.4 Å². The smallest absolute Gasteiger partial charge is 0.268 e. The number of nitrogens with one attached hydrogen (secondary N) is 3. The first-order chi connectivity index (χ1) is 13.3. The third-order valence-electron chi connectivity index (χ3n) is 4.03. The van der Waals surface area contributed by atoms with Crippen molar-refractivity contribution in [2.45, 2.75) is 17.9 Å². The molecule has 3 aromatic rings. The fourth-order valence-corrected chi connectivity index (χ4v) is 3.80. The van der Waals surface area contributed by atoms with E-state index in [0.29, 0.717) is 5.02 Å². The zero-order chi connectivity index (χ0) is 20.3. The van der Waals surface area contributed by atoms with Crippen molar-refractivity contribution >= 4 is 33.2 Å². The number of rotatable bonds is 6. The summed E-state index contributed by atoms with van der Waals surface area (Å²) in [4.78, 5) is 14.9. The number of hydrogen-bond donors (Lipinski definition) is 3. The van der Waals surface area contributed by atoms with Crippen molar-refractivity contribution in [2.75, 3.05) is 4.72 Å². The van der Waals surface area contributed by atoms with Crippen molar-refractivity contribution in [3.8, 4) is 0 Å². The molecule has 0 aliphatic carbocycles. The maximum Gasteiger partial charge on any atom is 0.268 e. The van der Waals surface area contributed by atoms with E-state index in [2.05, 4.69) is 15.0 Å². The molecule has 9 heteroatoms. The molecule has 0 radical (unpaired) electrons. The summed E-state index contributed by atoms with van der Waals surface area (Å²) in [5.74, 6) is -1.19. The molecule has 2 aromatic carbocycles. The van der Waals surface area contributed by atoms with Gasteiger partial charge in [0.2, 0.25) is 0 Å². The van der Waals surface area contributed by atoms with Crippen LogP contribution >= 0.6 is 11.6 Å². The summed E-state index contributed by atoms with van der Waals surface area (Å²) in [7, 11) is -4.05. The van der Waals surface area contributed by atoms with Crippen LogP contribution in [0.3, 0.4) is 0 Å². The van der Waals surface area contributed by atoms with E-state index >= 15 is 0 Å². The fourth-order valence-electron chi connectivity index (χ4n) is 2.54. The maximum atomic E-state index is 13.7. The van der Waals surface area contributed by atoms with Gasteiger partial charge in [-0.05, 0) is 42.8 Å². The summed E-state index contributed by atoms with van der Waals surface area (Å²) in [5.41, 5.74) is 0.688. The third-order valence-corrected chi connectivity index (χ3v) is 5.61. The number of benzene rings is 2. The van der Waals surface area contributed by atoms with Gasteiger partial charge in [-0.15, -0.1) is 0 Å². The molecular formula is C19H17ClFN3O3S. The number of halogens is 2. The standard InChI is InChI=1S/C19H17ClFN3O3S/c1-12(13-5-4-6-14(20)9-13)23-19(25)18-10-15(11-22-18)28(26,27)24-17-8-3-2-7-16(17)21/h2-12,22,24H,1H3,(H,23,25). The number of carbonyl (C=O) groups is 1. The Kier molecular flexibility index (Phi) is 5.71. The van der Waals surface area contributed by atoms with E-state index in [0.717, 1.165) is 11.6 Å². The minimum Gasteiger partial charge on any atom is -0.356 e. The van der Waals surface area contributed by atoms with Gasteiger partial charge in [0.25, 0.3) is 15.9 Å². The summed E-state index contributed by atoms with van der Waals surface area (Å²) in [6.45, 7) is 1.78. The molecule has 1 heterocycles. The number of sulfonamides is 1. The second-order valence-electron chi connectivity index (χ2n) is 6.08. The molecule has 3 N–H and O–H groups in total. The highest BCUT2D eigenvalue weighted by Crippen LogP contribution is 2.21. The molecule has 0 saturated heterocycles. The number of carbonyl (C=O) groups excluding carboxylic acids is 1. The van der Waals surface area contributed by atoms with Crippen LogP contribution in [0.1, 0.15) is 29.0 Å². The molecule has 0 fully saturated rings. The Hall–Kier alpha value is -2.84. The van der Waals surface area contributed by atoms with Crippen molar-refractivity contribution in [3.63, 3.8) is 0 Å². The highest BCUT2D eigenvalue weighted by atomic mass is 35.5.